The Morgan fingerprint density at radius 1 is 1.24 bits per heavy atom. The van der Waals surface area contributed by atoms with Gasteiger partial charge in [0.1, 0.15) is 0 Å². The van der Waals surface area contributed by atoms with Gasteiger partial charge in [-0.25, -0.2) is 0 Å². The first-order chi connectivity index (χ1) is 8.10. The molecule has 0 unspecified atom stereocenters. The smallest absolute Gasteiger partial charge is 0.0644 e. The molecule has 0 spiro atoms. The number of hydrogen-bond donors (Lipinski definition) is 1. The Balaban J connectivity index is 3.00. The molecule has 0 atom stereocenters. The minimum Gasteiger partial charge on any atom is -0.369 e. The Labute approximate surface area is 110 Å². The van der Waals surface area contributed by atoms with Gasteiger partial charge in [-0.15, -0.1) is 0 Å². The molecule has 2 N–H and O–H groups in total. The summed E-state index contributed by atoms with van der Waals surface area (Å²) >= 11 is 6.36. The minimum absolute atomic E-state index is 0.660. The van der Waals surface area contributed by atoms with E-state index in [0.29, 0.717) is 6.54 Å². The number of hydrogen-bond acceptors (Lipinski definition) is 2. The molecule has 0 fully saturated rings. The van der Waals surface area contributed by atoms with Crippen molar-refractivity contribution in [1.82, 2.24) is 0 Å². The summed E-state index contributed by atoms with van der Waals surface area (Å²) in [5.41, 5.74) is 9.28. The van der Waals surface area contributed by atoms with E-state index in [2.05, 4.69) is 31.7 Å². The van der Waals surface area contributed by atoms with Crippen molar-refractivity contribution in [2.75, 3.05) is 24.5 Å². The fraction of sp³-hybridized carbons (Fsp3) is 0.571. The Kier molecular flexibility index (Phi) is 5.79. The van der Waals surface area contributed by atoms with Crippen molar-refractivity contribution >= 4 is 17.3 Å². The summed E-state index contributed by atoms with van der Waals surface area (Å²) in [6.45, 7) is 8.93. The Morgan fingerprint density at radius 3 is 2.47 bits per heavy atom. The summed E-state index contributed by atoms with van der Waals surface area (Å²) in [5, 5.41) is 0.840. The molecule has 0 heterocycles. The number of aryl methyl sites for hydroxylation is 2. The van der Waals surface area contributed by atoms with Crippen LogP contribution in [0.15, 0.2) is 12.1 Å². The molecule has 3 heteroatoms. The second-order valence-electron chi connectivity index (χ2n) is 4.54. The van der Waals surface area contributed by atoms with Crippen LogP contribution in [0.1, 0.15) is 30.9 Å². The number of rotatable bonds is 6. The van der Waals surface area contributed by atoms with Crippen LogP contribution in [0, 0.1) is 13.8 Å². The average molecular weight is 255 g/mol. The van der Waals surface area contributed by atoms with Crippen LogP contribution in [0.5, 0.6) is 0 Å². The lowest BCUT2D eigenvalue weighted by Gasteiger charge is -2.27. The summed E-state index contributed by atoms with van der Waals surface area (Å²) in [6.07, 6.45) is 2.35. The van der Waals surface area contributed by atoms with E-state index < -0.39 is 0 Å². The number of unbranched alkanes of at least 4 members (excludes halogenated alkanes) is 1. The molecular formula is C14H23ClN2. The normalized spacial score (nSPS) is 10.6. The summed E-state index contributed by atoms with van der Waals surface area (Å²) in [4.78, 5) is 2.31. The van der Waals surface area contributed by atoms with Crippen molar-refractivity contribution < 1.29 is 0 Å². The number of anilines is 1. The molecule has 0 aliphatic carbocycles. The van der Waals surface area contributed by atoms with Crippen molar-refractivity contribution in [2.24, 2.45) is 5.73 Å². The van der Waals surface area contributed by atoms with Crippen molar-refractivity contribution in [3.05, 3.63) is 28.3 Å². The molecule has 1 aromatic rings. The lowest BCUT2D eigenvalue weighted by molar-refractivity contribution is 0.714. The van der Waals surface area contributed by atoms with Crippen LogP contribution < -0.4 is 10.6 Å². The predicted octanol–water partition coefficient (Wildman–Crippen LogP) is 3.52. The minimum atomic E-state index is 0.660. The fourth-order valence-corrected chi connectivity index (χ4v) is 2.59. The highest BCUT2D eigenvalue weighted by atomic mass is 35.5. The van der Waals surface area contributed by atoms with Crippen LogP contribution in [0.4, 0.5) is 5.69 Å². The second-order valence-corrected chi connectivity index (χ2v) is 4.95. The van der Waals surface area contributed by atoms with E-state index in [1.54, 1.807) is 0 Å². The third-order valence-electron chi connectivity index (χ3n) is 2.90. The van der Waals surface area contributed by atoms with E-state index in [1.807, 2.05) is 6.07 Å². The van der Waals surface area contributed by atoms with Gasteiger partial charge in [0.15, 0.2) is 0 Å². The summed E-state index contributed by atoms with van der Waals surface area (Å²) < 4.78 is 0. The van der Waals surface area contributed by atoms with Gasteiger partial charge in [0.05, 0.1) is 10.7 Å². The molecule has 17 heavy (non-hydrogen) atoms. The standard InChI is InChI=1S/C14H23ClN2/c1-4-5-7-17(8-6-16)14-12(3)9-11(2)10-13(14)15/h9-10H,4-8,16H2,1-3H3. The van der Waals surface area contributed by atoms with Crippen molar-refractivity contribution in [2.45, 2.75) is 33.6 Å². The van der Waals surface area contributed by atoms with Crippen LogP contribution in [0.25, 0.3) is 0 Å². The fourth-order valence-electron chi connectivity index (χ4n) is 2.15. The largest absolute Gasteiger partial charge is 0.369 e. The summed E-state index contributed by atoms with van der Waals surface area (Å²) in [6, 6.07) is 4.20. The zero-order valence-corrected chi connectivity index (χ0v) is 11.8. The Bertz CT molecular complexity index is 340. The molecule has 1 rings (SSSR count). The van der Waals surface area contributed by atoms with Gasteiger partial charge < -0.3 is 10.6 Å². The SMILES string of the molecule is CCCCN(CCN)c1c(C)cc(C)cc1Cl. The van der Waals surface area contributed by atoms with Gasteiger partial charge in [-0.05, 0) is 37.5 Å². The van der Waals surface area contributed by atoms with E-state index >= 15 is 0 Å². The van der Waals surface area contributed by atoms with Crippen LogP contribution >= 0.6 is 11.6 Å². The number of halogens is 1. The second kappa shape index (κ2) is 6.87. The molecule has 0 aliphatic heterocycles. The van der Waals surface area contributed by atoms with Gasteiger partial charge in [0, 0.05) is 19.6 Å². The molecule has 0 radical (unpaired) electrons. The third-order valence-corrected chi connectivity index (χ3v) is 3.18. The number of benzene rings is 1. The molecule has 0 saturated carbocycles. The van der Waals surface area contributed by atoms with Crippen LogP contribution in [-0.4, -0.2) is 19.6 Å². The molecule has 96 valence electrons. The van der Waals surface area contributed by atoms with Gasteiger partial charge in [-0.1, -0.05) is 31.0 Å². The zero-order chi connectivity index (χ0) is 12.8. The lowest BCUT2D eigenvalue weighted by Crippen LogP contribution is -2.31. The lowest BCUT2D eigenvalue weighted by atomic mass is 10.1. The molecule has 2 nitrogen and oxygen atoms in total. The maximum atomic E-state index is 6.36. The van der Waals surface area contributed by atoms with E-state index in [0.717, 1.165) is 23.8 Å². The first kappa shape index (κ1) is 14.3. The monoisotopic (exact) mass is 254 g/mol. The highest BCUT2D eigenvalue weighted by Gasteiger charge is 2.12. The topological polar surface area (TPSA) is 29.3 Å². The molecule has 0 aromatic heterocycles. The molecule has 0 amide bonds. The maximum Gasteiger partial charge on any atom is 0.0644 e. The van der Waals surface area contributed by atoms with Gasteiger partial charge in [0.2, 0.25) is 0 Å². The highest BCUT2D eigenvalue weighted by molar-refractivity contribution is 6.33. The van der Waals surface area contributed by atoms with E-state index in [-0.39, 0.29) is 0 Å². The number of nitrogens with two attached hydrogens (primary N) is 1. The van der Waals surface area contributed by atoms with E-state index in [9.17, 15) is 0 Å². The van der Waals surface area contributed by atoms with Crippen LogP contribution in [-0.2, 0) is 0 Å². The van der Waals surface area contributed by atoms with Gasteiger partial charge in [0.25, 0.3) is 0 Å². The van der Waals surface area contributed by atoms with Crippen molar-refractivity contribution in [3.63, 3.8) is 0 Å². The van der Waals surface area contributed by atoms with Gasteiger partial charge in [-0.2, -0.15) is 0 Å². The van der Waals surface area contributed by atoms with Gasteiger partial charge in [-0.3, -0.25) is 0 Å². The Hall–Kier alpha value is -0.730. The van der Waals surface area contributed by atoms with Crippen LogP contribution in [0.3, 0.4) is 0 Å². The molecule has 0 bridgehead atoms. The molecule has 0 saturated heterocycles. The van der Waals surface area contributed by atoms with E-state index in [4.69, 9.17) is 17.3 Å². The molecule has 0 aliphatic rings. The highest BCUT2D eigenvalue weighted by Crippen LogP contribution is 2.31. The quantitative estimate of drug-likeness (QED) is 0.842. The first-order valence-corrected chi connectivity index (χ1v) is 6.69. The predicted molar refractivity (Wildman–Crippen MR) is 77.1 cm³/mol. The third kappa shape index (κ3) is 3.90. The average Bonchev–Trinajstić information content (AvgIpc) is 2.24. The maximum absolute atomic E-state index is 6.36. The van der Waals surface area contributed by atoms with Crippen LogP contribution in [0.2, 0.25) is 5.02 Å². The van der Waals surface area contributed by atoms with Crippen molar-refractivity contribution in [3.8, 4) is 0 Å². The van der Waals surface area contributed by atoms with Crippen molar-refractivity contribution in [1.29, 1.82) is 0 Å². The molecular weight excluding hydrogens is 232 g/mol. The van der Waals surface area contributed by atoms with Gasteiger partial charge >= 0.3 is 0 Å². The molecule has 1 aromatic carbocycles. The van der Waals surface area contributed by atoms with E-state index in [1.165, 1.54) is 24.0 Å². The summed E-state index contributed by atoms with van der Waals surface area (Å²) in [7, 11) is 0. The summed E-state index contributed by atoms with van der Waals surface area (Å²) in [5.74, 6) is 0. The zero-order valence-electron chi connectivity index (χ0n) is 11.1. The number of nitrogens with zero attached hydrogens (tertiary/aromatic N) is 1. The first-order valence-electron chi connectivity index (χ1n) is 6.32. The Morgan fingerprint density at radius 2 is 1.94 bits per heavy atom.